The maximum absolute atomic E-state index is 13.0. The van der Waals surface area contributed by atoms with Crippen molar-refractivity contribution in [3.05, 3.63) is 65.5 Å². The van der Waals surface area contributed by atoms with Crippen LogP contribution in [0.4, 0.5) is 17.5 Å². The molecule has 35 heavy (non-hydrogen) atoms. The fraction of sp³-hybridized carbons (Fsp3) is 0.407. The van der Waals surface area contributed by atoms with Gasteiger partial charge in [-0.1, -0.05) is 17.7 Å². The Hall–Kier alpha value is -3.68. The normalized spacial score (nSPS) is 16.4. The van der Waals surface area contributed by atoms with E-state index in [2.05, 4.69) is 39.2 Å². The second-order valence-corrected chi connectivity index (χ2v) is 9.37. The number of rotatable bonds is 6. The van der Waals surface area contributed by atoms with Gasteiger partial charge >= 0.3 is 0 Å². The van der Waals surface area contributed by atoms with Crippen LogP contribution in [0.1, 0.15) is 47.3 Å². The maximum Gasteiger partial charge on any atom is 0.255 e. The molecule has 1 aromatic carbocycles. The van der Waals surface area contributed by atoms with Crippen LogP contribution in [0.2, 0.25) is 0 Å². The molecule has 182 valence electrons. The highest BCUT2D eigenvalue weighted by Crippen LogP contribution is 2.24. The van der Waals surface area contributed by atoms with Crippen LogP contribution < -0.4 is 15.0 Å². The number of hydrogen-bond acceptors (Lipinski definition) is 7. The van der Waals surface area contributed by atoms with E-state index in [0.29, 0.717) is 43.6 Å². The number of amides is 1. The molecule has 2 fully saturated rings. The van der Waals surface area contributed by atoms with Gasteiger partial charge in [0.2, 0.25) is 11.8 Å². The molecule has 1 saturated carbocycles. The van der Waals surface area contributed by atoms with Gasteiger partial charge in [0.25, 0.3) is 5.91 Å². The highest BCUT2D eigenvalue weighted by molar-refractivity contribution is 5.94. The molecule has 3 aromatic rings. The van der Waals surface area contributed by atoms with Crippen LogP contribution in [0.5, 0.6) is 5.88 Å². The first-order chi connectivity index (χ1) is 17.0. The van der Waals surface area contributed by atoms with E-state index in [9.17, 15) is 4.79 Å². The molecular formula is C27H32N6O2. The van der Waals surface area contributed by atoms with Crippen LogP contribution >= 0.6 is 0 Å². The van der Waals surface area contributed by atoms with Crippen molar-refractivity contribution in [3.63, 3.8) is 0 Å². The smallest absolute Gasteiger partial charge is 0.255 e. The van der Waals surface area contributed by atoms with Gasteiger partial charge in [0.15, 0.2) is 0 Å². The lowest BCUT2D eigenvalue weighted by Crippen LogP contribution is -2.49. The standard InChI is InChI=1S/C27H32N6O2/c1-19-7-10-22(11-8-19)30-27-29-20(2)17-24(31-27)32-13-15-33(16-14-32)26(34)21-9-12-25(28-18-21)35-23-5-3-4-6-23/h7-12,17-18,23H,3-6,13-16H2,1-2H3,(H,29,30,31). The van der Waals surface area contributed by atoms with Crippen molar-refractivity contribution in [1.29, 1.82) is 0 Å². The number of aryl methyl sites for hydroxylation is 2. The molecule has 1 saturated heterocycles. The van der Waals surface area contributed by atoms with Gasteiger partial charge in [-0.2, -0.15) is 4.98 Å². The van der Waals surface area contributed by atoms with Crippen LogP contribution in [-0.4, -0.2) is 58.0 Å². The molecule has 1 aliphatic heterocycles. The van der Waals surface area contributed by atoms with Crippen molar-refractivity contribution in [2.45, 2.75) is 45.6 Å². The topological polar surface area (TPSA) is 83.5 Å². The van der Waals surface area contributed by atoms with E-state index in [1.807, 2.05) is 42.2 Å². The number of nitrogens with one attached hydrogen (secondary N) is 1. The van der Waals surface area contributed by atoms with Gasteiger partial charge in [0.05, 0.1) is 5.56 Å². The number of nitrogens with zero attached hydrogens (tertiary/aromatic N) is 5. The van der Waals surface area contributed by atoms with Gasteiger partial charge in [-0.15, -0.1) is 0 Å². The second-order valence-electron chi connectivity index (χ2n) is 9.37. The third-order valence-corrected chi connectivity index (χ3v) is 6.61. The van der Waals surface area contributed by atoms with Gasteiger partial charge < -0.3 is 19.9 Å². The van der Waals surface area contributed by atoms with Crippen molar-refractivity contribution in [1.82, 2.24) is 19.9 Å². The molecule has 0 atom stereocenters. The molecule has 1 N–H and O–H groups in total. The summed E-state index contributed by atoms with van der Waals surface area (Å²) >= 11 is 0. The van der Waals surface area contributed by atoms with E-state index in [1.54, 1.807) is 6.20 Å². The summed E-state index contributed by atoms with van der Waals surface area (Å²) in [5.41, 5.74) is 3.66. The van der Waals surface area contributed by atoms with Gasteiger partial charge in [0.1, 0.15) is 11.9 Å². The summed E-state index contributed by atoms with van der Waals surface area (Å²) < 4.78 is 5.92. The SMILES string of the molecule is Cc1ccc(Nc2nc(C)cc(N3CCN(C(=O)c4ccc(OC5CCCC5)nc4)CC3)n2)cc1. The van der Waals surface area contributed by atoms with E-state index >= 15 is 0 Å². The summed E-state index contributed by atoms with van der Waals surface area (Å²) in [5.74, 6) is 2.06. The minimum absolute atomic E-state index is 0.00478. The second kappa shape index (κ2) is 10.3. The fourth-order valence-corrected chi connectivity index (χ4v) is 4.61. The summed E-state index contributed by atoms with van der Waals surface area (Å²) in [6, 6.07) is 13.8. The quantitative estimate of drug-likeness (QED) is 0.565. The third-order valence-electron chi connectivity index (χ3n) is 6.61. The monoisotopic (exact) mass is 472 g/mol. The van der Waals surface area contributed by atoms with Gasteiger partial charge in [-0.3, -0.25) is 4.79 Å². The zero-order valence-electron chi connectivity index (χ0n) is 20.4. The predicted octanol–water partition coefficient (Wildman–Crippen LogP) is 4.52. The minimum Gasteiger partial charge on any atom is -0.474 e. The third kappa shape index (κ3) is 5.70. The molecule has 1 amide bonds. The molecule has 1 aliphatic carbocycles. The van der Waals surface area contributed by atoms with Crippen molar-refractivity contribution in [2.24, 2.45) is 0 Å². The number of carbonyl (C=O) groups is 1. The van der Waals surface area contributed by atoms with E-state index in [0.717, 1.165) is 30.0 Å². The van der Waals surface area contributed by atoms with E-state index in [4.69, 9.17) is 9.72 Å². The average molecular weight is 473 g/mol. The van der Waals surface area contributed by atoms with Crippen molar-refractivity contribution in [2.75, 3.05) is 36.4 Å². The van der Waals surface area contributed by atoms with Crippen LogP contribution in [0.15, 0.2) is 48.7 Å². The Morgan fingerprint density at radius 3 is 2.40 bits per heavy atom. The Kier molecular flexibility index (Phi) is 6.79. The molecule has 8 nitrogen and oxygen atoms in total. The fourth-order valence-electron chi connectivity index (χ4n) is 4.61. The number of aromatic nitrogens is 3. The highest BCUT2D eigenvalue weighted by Gasteiger charge is 2.24. The minimum atomic E-state index is 0.00478. The zero-order chi connectivity index (χ0) is 24.2. The summed E-state index contributed by atoms with van der Waals surface area (Å²) in [7, 11) is 0. The largest absolute Gasteiger partial charge is 0.474 e. The Morgan fingerprint density at radius 1 is 0.971 bits per heavy atom. The molecule has 3 heterocycles. The Labute approximate surface area is 206 Å². The van der Waals surface area contributed by atoms with E-state index in [-0.39, 0.29) is 12.0 Å². The van der Waals surface area contributed by atoms with Gasteiger partial charge in [0, 0.05) is 55.9 Å². The molecule has 2 aromatic heterocycles. The van der Waals surface area contributed by atoms with Crippen LogP contribution in [0.3, 0.4) is 0 Å². The van der Waals surface area contributed by atoms with Gasteiger partial charge in [-0.05, 0) is 57.7 Å². The number of ether oxygens (including phenoxy) is 1. The summed E-state index contributed by atoms with van der Waals surface area (Å²) in [5, 5.41) is 3.30. The number of benzene rings is 1. The lowest BCUT2D eigenvalue weighted by molar-refractivity contribution is 0.0746. The first kappa shape index (κ1) is 23.1. The molecule has 8 heteroatoms. The Morgan fingerprint density at radius 2 is 1.71 bits per heavy atom. The molecule has 0 unspecified atom stereocenters. The number of hydrogen-bond donors (Lipinski definition) is 1. The highest BCUT2D eigenvalue weighted by atomic mass is 16.5. The molecule has 0 bridgehead atoms. The molecule has 5 rings (SSSR count). The van der Waals surface area contributed by atoms with Crippen molar-refractivity contribution < 1.29 is 9.53 Å². The number of pyridine rings is 1. The average Bonchev–Trinajstić information content (AvgIpc) is 3.38. The molecule has 0 radical (unpaired) electrons. The Balaban J connectivity index is 1.18. The maximum atomic E-state index is 13.0. The predicted molar refractivity (Wildman–Crippen MR) is 136 cm³/mol. The van der Waals surface area contributed by atoms with E-state index < -0.39 is 0 Å². The van der Waals surface area contributed by atoms with Crippen LogP contribution in [-0.2, 0) is 0 Å². The molecule has 2 aliphatic rings. The molecular weight excluding hydrogens is 440 g/mol. The van der Waals surface area contributed by atoms with Gasteiger partial charge in [-0.25, -0.2) is 9.97 Å². The van der Waals surface area contributed by atoms with E-state index in [1.165, 1.54) is 18.4 Å². The lowest BCUT2D eigenvalue weighted by Gasteiger charge is -2.35. The zero-order valence-corrected chi connectivity index (χ0v) is 20.4. The summed E-state index contributed by atoms with van der Waals surface area (Å²) in [6.45, 7) is 6.71. The lowest BCUT2D eigenvalue weighted by atomic mass is 10.2. The number of piperazine rings is 1. The number of anilines is 3. The number of carbonyl (C=O) groups excluding carboxylic acids is 1. The van der Waals surface area contributed by atoms with Crippen LogP contribution in [0, 0.1) is 13.8 Å². The molecule has 0 spiro atoms. The van der Waals surface area contributed by atoms with Crippen molar-refractivity contribution >= 4 is 23.4 Å². The first-order valence-corrected chi connectivity index (χ1v) is 12.4. The Bertz CT molecular complexity index is 1150. The summed E-state index contributed by atoms with van der Waals surface area (Å²) in [6.07, 6.45) is 6.49. The summed E-state index contributed by atoms with van der Waals surface area (Å²) in [4.78, 5) is 30.8. The van der Waals surface area contributed by atoms with Crippen LogP contribution in [0.25, 0.3) is 0 Å². The first-order valence-electron chi connectivity index (χ1n) is 12.4. The van der Waals surface area contributed by atoms with Crippen molar-refractivity contribution in [3.8, 4) is 5.88 Å².